The van der Waals surface area contributed by atoms with Crippen molar-refractivity contribution in [1.82, 2.24) is 4.90 Å². The fourth-order valence-corrected chi connectivity index (χ4v) is 3.16. The Labute approximate surface area is 156 Å². The van der Waals surface area contributed by atoms with Gasteiger partial charge in [0.2, 0.25) is 0 Å². The number of piperidine rings is 1. The van der Waals surface area contributed by atoms with Crippen molar-refractivity contribution in [3.8, 4) is 0 Å². The summed E-state index contributed by atoms with van der Waals surface area (Å²) in [5.41, 5.74) is 6.36. The number of Topliss-reactive ketones (excluding diaryl/α,β-unsaturated/α-hetero) is 1. The highest BCUT2D eigenvalue weighted by Crippen LogP contribution is 2.23. The number of nitrogens with zero attached hydrogens (tertiary/aromatic N) is 1. The lowest BCUT2D eigenvalue weighted by atomic mass is 9.93. The zero-order chi connectivity index (χ0) is 18.7. The minimum absolute atomic E-state index is 0.169. The summed E-state index contributed by atoms with van der Waals surface area (Å²) in [6.45, 7) is 9.92. The number of aryl methyl sites for hydroxylation is 2. The quantitative estimate of drug-likeness (QED) is 0.724. The molecule has 1 aliphatic rings. The van der Waals surface area contributed by atoms with Gasteiger partial charge in [-0.15, -0.1) is 0 Å². The first kappa shape index (κ1) is 18.3. The van der Waals surface area contributed by atoms with Crippen LogP contribution in [0.2, 0.25) is 0 Å². The highest BCUT2D eigenvalue weighted by molar-refractivity contribution is 6.14. The van der Waals surface area contributed by atoms with Crippen molar-refractivity contribution in [3.63, 3.8) is 0 Å². The lowest BCUT2D eigenvalue weighted by molar-refractivity contribution is -0.113. The smallest absolute Gasteiger partial charge is 0.187 e. The summed E-state index contributed by atoms with van der Waals surface area (Å²) in [6, 6.07) is 17.0. The molecule has 0 aromatic heterocycles. The van der Waals surface area contributed by atoms with Gasteiger partial charge in [0.05, 0.1) is 0 Å². The van der Waals surface area contributed by atoms with E-state index in [0.29, 0.717) is 19.1 Å². The fraction of sp³-hybridized carbons (Fsp3) is 0.292. The molecule has 1 saturated heterocycles. The van der Waals surface area contributed by atoms with E-state index in [4.69, 9.17) is 0 Å². The molecule has 3 rings (SSSR count). The molecular weight excluding hydrogens is 318 g/mol. The zero-order valence-corrected chi connectivity index (χ0v) is 16.1. The molecular formula is C24H27NO. The molecule has 2 nitrogen and oxygen atoms in total. The van der Waals surface area contributed by atoms with Crippen molar-refractivity contribution in [3.05, 3.63) is 81.9 Å². The Morgan fingerprint density at radius 2 is 1.15 bits per heavy atom. The molecule has 0 bridgehead atoms. The highest BCUT2D eigenvalue weighted by Gasteiger charge is 2.27. The SMILES string of the molecule is Cc1ccc(/C=C2\CN(C(C)C)C/C(=C\c3ccc(C)cc3)C2=O)cc1. The average Bonchev–Trinajstić information content (AvgIpc) is 2.62. The van der Waals surface area contributed by atoms with Crippen LogP contribution in [0, 0.1) is 13.8 Å². The summed E-state index contributed by atoms with van der Waals surface area (Å²) in [4.78, 5) is 15.4. The van der Waals surface area contributed by atoms with E-state index in [0.717, 1.165) is 22.3 Å². The second-order valence-corrected chi connectivity index (χ2v) is 7.49. The minimum Gasteiger partial charge on any atom is -0.292 e. The minimum atomic E-state index is 0.169. The van der Waals surface area contributed by atoms with E-state index >= 15 is 0 Å². The summed E-state index contributed by atoms with van der Waals surface area (Å²) >= 11 is 0. The van der Waals surface area contributed by atoms with Gasteiger partial charge in [0, 0.05) is 30.3 Å². The van der Waals surface area contributed by atoms with Crippen molar-refractivity contribution in [1.29, 1.82) is 0 Å². The van der Waals surface area contributed by atoms with Gasteiger partial charge in [-0.05, 0) is 51.0 Å². The van der Waals surface area contributed by atoms with Gasteiger partial charge in [-0.2, -0.15) is 0 Å². The Hall–Kier alpha value is -2.45. The van der Waals surface area contributed by atoms with Crippen LogP contribution in [0.25, 0.3) is 12.2 Å². The van der Waals surface area contributed by atoms with Crippen LogP contribution < -0.4 is 0 Å². The molecule has 1 aliphatic heterocycles. The van der Waals surface area contributed by atoms with Crippen molar-refractivity contribution < 1.29 is 4.79 Å². The monoisotopic (exact) mass is 345 g/mol. The first-order chi connectivity index (χ1) is 12.4. The maximum absolute atomic E-state index is 13.1. The molecule has 0 N–H and O–H groups in total. The standard InChI is InChI=1S/C24H27NO/c1-17(2)25-15-22(13-20-9-5-18(3)6-10-20)24(26)23(16-25)14-21-11-7-19(4)8-12-21/h5-14,17H,15-16H2,1-4H3/b22-13+,23-14+. The van der Waals surface area contributed by atoms with Gasteiger partial charge < -0.3 is 0 Å². The fourth-order valence-electron chi connectivity index (χ4n) is 3.16. The van der Waals surface area contributed by atoms with Crippen LogP contribution >= 0.6 is 0 Å². The molecule has 1 heterocycles. The first-order valence-corrected chi connectivity index (χ1v) is 9.25. The van der Waals surface area contributed by atoms with Gasteiger partial charge in [-0.3, -0.25) is 9.69 Å². The van der Waals surface area contributed by atoms with Gasteiger partial charge in [-0.25, -0.2) is 0 Å². The number of carbonyl (C=O) groups is 1. The average molecular weight is 345 g/mol. The topological polar surface area (TPSA) is 20.3 Å². The van der Waals surface area contributed by atoms with E-state index in [2.05, 4.69) is 81.1 Å². The Balaban J connectivity index is 1.95. The van der Waals surface area contributed by atoms with Crippen LogP contribution in [0.1, 0.15) is 36.1 Å². The second-order valence-electron chi connectivity index (χ2n) is 7.49. The van der Waals surface area contributed by atoms with Crippen LogP contribution in [-0.2, 0) is 4.79 Å². The predicted molar refractivity (Wildman–Crippen MR) is 110 cm³/mol. The van der Waals surface area contributed by atoms with Crippen LogP contribution in [0.15, 0.2) is 59.7 Å². The number of likely N-dealkylation sites (tertiary alicyclic amines) is 1. The van der Waals surface area contributed by atoms with E-state index in [1.165, 1.54) is 11.1 Å². The van der Waals surface area contributed by atoms with Crippen LogP contribution in [0.5, 0.6) is 0 Å². The predicted octanol–water partition coefficient (Wildman–Crippen LogP) is 5.06. The second kappa shape index (κ2) is 7.84. The molecule has 0 amide bonds. The molecule has 0 unspecified atom stereocenters. The number of ketones is 1. The van der Waals surface area contributed by atoms with E-state index in [1.54, 1.807) is 0 Å². The third kappa shape index (κ3) is 4.39. The summed E-state index contributed by atoms with van der Waals surface area (Å²) < 4.78 is 0. The molecule has 0 atom stereocenters. The summed E-state index contributed by atoms with van der Waals surface area (Å²) in [6.07, 6.45) is 4.08. The molecule has 2 heteroatoms. The van der Waals surface area contributed by atoms with Gasteiger partial charge in [0.15, 0.2) is 5.78 Å². The molecule has 2 aromatic rings. The molecule has 134 valence electrons. The third-order valence-corrected chi connectivity index (χ3v) is 4.90. The van der Waals surface area contributed by atoms with Crippen molar-refractivity contribution in [2.24, 2.45) is 0 Å². The summed E-state index contributed by atoms with van der Waals surface area (Å²) in [7, 11) is 0. The Bertz CT molecular complexity index is 771. The maximum Gasteiger partial charge on any atom is 0.187 e. The van der Waals surface area contributed by atoms with Crippen LogP contribution in [0.4, 0.5) is 0 Å². The number of benzene rings is 2. The highest BCUT2D eigenvalue weighted by atomic mass is 16.1. The van der Waals surface area contributed by atoms with Crippen LogP contribution in [0.3, 0.4) is 0 Å². The number of carbonyl (C=O) groups excluding carboxylic acids is 1. The molecule has 0 aliphatic carbocycles. The van der Waals surface area contributed by atoms with E-state index in [1.807, 2.05) is 12.2 Å². The van der Waals surface area contributed by atoms with Gasteiger partial charge >= 0.3 is 0 Å². The summed E-state index contributed by atoms with van der Waals surface area (Å²) in [5, 5.41) is 0. The van der Waals surface area contributed by atoms with Gasteiger partial charge in [-0.1, -0.05) is 59.7 Å². The van der Waals surface area contributed by atoms with Crippen molar-refractivity contribution in [2.75, 3.05) is 13.1 Å². The molecule has 2 aromatic carbocycles. The largest absolute Gasteiger partial charge is 0.292 e. The zero-order valence-electron chi connectivity index (χ0n) is 16.1. The Kier molecular flexibility index (Phi) is 5.53. The maximum atomic E-state index is 13.1. The molecule has 0 radical (unpaired) electrons. The third-order valence-electron chi connectivity index (χ3n) is 4.90. The number of hydrogen-bond acceptors (Lipinski definition) is 2. The van der Waals surface area contributed by atoms with Crippen LogP contribution in [-0.4, -0.2) is 29.8 Å². The van der Waals surface area contributed by atoms with E-state index in [9.17, 15) is 4.79 Å². The number of hydrogen-bond donors (Lipinski definition) is 0. The number of rotatable bonds is 3. The Morgan fingerprint density at radius 1 is 0.769 bits per heavy atom. The Morgan fingerprint density at radius 3 is 1.50 bits per heavy atom. The lowest BCUT2D eigenvalue weighted by Gasteiger charge is -2.32. The van der Waals surface area contributed by atoms with E-state index < -0.39 is 0 Å². The van der Waals surface area contributed by atoms with Gasteiger partial charge in [0.25, 0.3) is 0 Å². The van der Waals surface area contributed by atoms with Crippen molar-refractivity contribution >= 4 is 17.9 Å². The molecule has 1 fully saturated rings. The molecule has 0 saturated carbocycles. The normalized spacial score (nSPS) is 18.9. The molecule has 0 spiro atoms. The van der Waals surface area contributed by atoms with Gasteiger partial charge in [0.1, 0.15) is 0 Å². The molecule has 26 heavy (non-hydrogen) atoms. The summed E-state index contributed by atoms with van der Waals surface area (Å²) in [5.74, 6) is 0.169. The lowest BCUT2D eigenvalue weighted by Crippen LogP contribution is -2.41. The van der Waals surface area contributed by atoms with E-state index in [-0.39, 0.29) is 5.78 Å². The van der Waals surface area contributed by atoms with Crippen molar-refractivity contribution in [2.45, 2.75) is 33.7 Å². The first-order valence-electron chi connectivity index (χ1n) is 9.25.